The second-order valence-electron chi connectivity index (χ2n) is 10.2. The summed E-state index contributed by atoms with van der Waals surface area (Å²) in [5.74, 6) is 0.526. The monoisotopic (exact) mass is 509 g/mol. The first kappa shape index (κ1) is 28.2. The number of urea groups is 1. The van der Waals surface area contributed by atoms with E-state index in [1.165, 1.54) is 32.1 Å². The van der Waals surface area contributed by atoms with Crippen LogP contribution in [0.3, 0.4) is 0 Å². The van der Waals surface area contributed by atoms with Crippen molar-refractivity contribution in [3.05, 3.63) is 34.9 Å². The molecule has 3 atom stereocenters. The van der Waals surface area contributed by atoms with Gasteiger partial charge in [-0.05, 0) is 49.9 Å². The summed E-state index contributed by atoms with van der Waals surface area (Å²) >= 11 is 6.27. The lowest BCUT2D eigenvalue weighted by Crippen LogP contribution is -2.54. The Hall–Kier alpha value is -1.38. The summed E-state index contributed by atoms with van der Waals surface area (Å²) in [6, 6.07) is 7.40. The number of amides is 2. The predicted octanol–water partition coefficient (Wildman–Crippen LogP) is 4.17. The topological polar surface area (TPSA) is 83.1 Å². The number of nitrogens with one attached hydrogen (secondary N) is 2. The zero-order valence-corrected chi connectivity index (χ0v) is 22.2. The number of likely N-dealkylation sites (N-methyl/N-ethyl adjacent to an activating group) is 1. The number of halogens is 1. The van der Waals surface area contributed by atoms with E-state index in [9.17, 15) is 9.90 Å². The number of nitrogens with zero attached hydrogens (tertiary/aromatic N) is 1. The third-order valence-electron chi connectivity index (χ3n) is 7.58. The number of hydrogen-bond donors (Lipinski definition) is 3. The number of benzene rings is 1. The van der Waals surface area contributed by atoms with Crippen molar-refractivity contribution < 1.29 is 19.4 Å². The Balaban J connectivity index is 1.67. The highest BCUT2D eigenvalue weighted by Gasteiger charge is 2.42. The molecule has 0 radical (unpaired) electrons. The van der Waals surface area contributed by atoms with Crippen LogP contribution in [0.15, 0.2) is 24.3 Å². The summed E-state index contributed by atoms with van der Waals surface area (Å²) < 4.78 is 10.9. The van der Waals surface area contributed by atoms with Crippen LogP contribution in [0.4, 0.5) is 4.79 Å². The normalized spacial score (nSPS) is 21.9. The SMILES string of the molecule is CNC[C@H](CC1CCCCC1)NC(=O)N1CCC[C@@H]([C@@](O)(COCCOC)c2cccc(Cl)c2)C1. The van der Waals surface area contributed by atoms with Crippen molar-refractivity contribution in [3.63, 3.8) is 0 Å². The van der Waals surface area contributed by atoms with E-state index in [1.807, 2.05) is 24.1 Å². The molecule has 8 heteroatoms. The van der Waals surface area contributed by atoms with Crippen LogP contribution in [0.1, 0.15) is 56.9 Å². The fourth-order valence-electron chi connectivity index (χ4n) is 5.65. The molecule has 0 spiro atoms. The molecule has 0 aromatic heterocycles. The van der Waals surface area contributed by atoms with Crippen molar-refractivity contribution in [2.45, 2.75) is 63.0 Å². The summed E-state index contributed by atoms with van der Waals surface area (Å²) in [7, 11) is 3.56. The molecule has 1 aliphatic carbocycles. The van der Waals surface area contributed by atoms with Gasteiger partial charge in [-0.15, -0.1) is 0 Å². The number of likely N-dealkylation sites (tertiary alicyclic amines) is 1. The molecule has 1 saturated heterocycles. The van der Waals surface area contributed by atoms with Crippen LogP contribution in [0.2, 0.25) is 5.02 Å². The molecule has 1 heterocycles. The van der Waals surface area contributed by atoms with Gasteiger partial charge in [0, 0.05) is 43.7 Å². The number of ether oxygens (including phenoxy) is 2. The van der Waals surface area contributed by atoms with Gasteiger partial charge < -0.3 is 30.1 Å². The molecule has 198 valence electrons. The lowest BCUT2D eigenvalue weighted by molar-refractivity contribution is -0.108. The van der Waals surface area contributed by atoms with E-state index in [0.717, 1.165) is 31.4 Å². The van der Waals surface area contributed by atoms with Gasteiger partial charge in [0.15, 0.2) is 0 Å². The third kappa shape index (κ3) is 8.32. The lowest BCUT2D eigenvalue weighted by Gasteiger charge is -2.43. The summed E-state index contributed by atoms with van der Waals surface area (Å²) in [6.07, 6.45) is 9.11. The number of aliphatic hydroxyl groups is 1. The first-order chi connectivity index (χ1) is 17.0. The van der Waals surface area contributed by atoms with Crippen molar-refractivity contribution in [3.8, 4) is 0 Å². The minimum atomic E-state index is -1.25. The van der Waals surface area contributed by atoms with Crippen LogP contribution in [-0.2, 0) is 15.1 Å². The van der Waals surface area contributed by atoms with Crippen molar-refractivity contribution in [1.82, 2.24) is 15.5 Å². The largest absolute Gasteiger partial charge is 0.382 e. The molecule has 3 rings (SSSR count). The minimum Gasteiger partial charge on any atom is -0.382 e. The Morgan fingerprint density at radius 2 is 2.03 bits per heavy atom. The number of hydrogen-bond acceptors (Lipinski definition) is 5. The second-order valence-corrected chi connectivity index (χ2v) is 10.6. The maximum Gasteiger partial charge on any atom is 0.317 e. The van der Waals surface area contributed by atoms with Gasteiger partial charge in [0.2, 0.25) is 0 Å². The Kier molecular flexibility index (Phi) is 11.6. The Bertz CT molecular complexity index is 777. The first-order valence-electron chi connectivity index (χ1n) is 13.2. The third-order valence-corrected chi connectivity index (χ3v) is 7.82. The molecular formula is C27H44ClN3O4. The molecular weight excluding hydrogens is 466 g/mol. The van der Waals surface area contributed by atoms with Crippen molar-refractivity contribution in [2.24, 2.45) is 11.8 Å². The number of rotatable bonds is 12. The van der Waals surface area contributed by atoms with Crippen LogP contribution in [0, 0.1) is 11.8 Å². The molecule has 2 fully saturated rings. The Morgan fingerprint density at radius 3 is 2.74 bits per heavy atom. The van der Waals surface area contributed by atoms with Gasteiger partial charge in [0.25, 0.3) is 0 Å². The number of carbonyl (C=O) groups is 1. The van der Waals surface area contributed by atoms with E-state index in [1.54, 1.807) is 19.2 Å². The van der Waals surface area contributed by atoms with E-state index in [2.05, 4.69) is 10.6 Å². The summed E-state index contributed by atoms with van der Waals surface area (Å²) in [6.45, 7) is 2.90. The highest BCUT2D eigenvalue weighted by atomic mass is 35.5. The van der Waals surface area contributed by atoms with Gasteiger partial charge in [-0.2, -0.15) is 0 Å². The van der Waals surface area contributed by atoms with Gasteiger partial charge >= 0.3 is 6.03 Å². The average molecular weight is 510 g/mol. The number of methoxy groups -OCH3 is 1. The fourth-order valence-corrected chi connectivity index (χ4v) is 5.84. The van der Waals surface area contributed by atoms with Crippen molar-refractivity contribution in [1.29, 1.82) is 0 Å². The smallest absolute Gasteiger partial charge is 0.317 e. The minimum absolute atomic E-state index is 0.0421. The van der Waals surface area contributed by atoms with Gasteiger partial charge in [0.05, 0.1) is 19.8 Å². The molecule has 3 N–H and O–H groups in total. The van der Waals surface area contributed by atoms with Gasteiger partial charge in [0.1, 0.15) is 5.60 Å². The average Bonchev–Trinajstić information content (AvgIpc) is 2.87. The van der Waals surface area contributed by atoms with Gasteiger partial charge in [-0.1, -0.05) is 55.8 Å². The highest BCUT2D eigenvalue weighted by Crippen LogP contribution is 2.37. The predicted molar refractivity (Wildman–Crippen MR) is 140 cm³/mol. The maximum absolute atomic E-state index is 13.3. The molecule has 1 aromatic carbocycles. The summed E-state index contributed by atoms with van der Waals surface area (Å²) in [4.78, 5) is 15.2. The van der Waals surface area contributed by atoms with E-state index in [-0.39, 0.29) is 24.6 Å². The summed E-state index contributed by atoms with van der Waals surface area (Å²) in [5, 5.41) is 19.0. The van der Waals surface area contributed by atoms with E-state index >= 15 is 0 Å². The van der Waals surface area contributed by atoms with Gasteiger partial charge in [-0.3, -0.25) is 0 Å². The van der Waals surface area contributed by atoms with Crippen LogP contribution in [0.5, 0.6) is 0 Å². The van der Waals surface area contributed by atoms with Crippen molar-refractivity contribution >= 4 is 17.6 Å². The zero-order valence-electron chi connectivity index (χ0n) is 21.4. The van der Waals surface area contributed by atoms with Crippen molar-refractivity contribution in [2.75, 3.05) is 53.6 Å². The molecule has 2 amide bonds. The molecule has 0 unspecified atom stereocenters. The Labute approximate surface area is 215 Å². The molecule has 1 aliphatic heterocycles. The van der Waals surface area contributed by atoms with Crippen LogP contribution in [-0.4, -0.2) is 75.7 Å². The van der Waals surface area contributed by atoms with E-state index < -0.39 is 5.60 Å². The molecule has 2 aliphatic rings. The standard InChI is InChI=1S/C27H44ClN3O4/c1-29-18-25(16-21-8-4-3-5-9-21)30-26(32)31-13-7-11-23(19-31)27(33,20-35-15-14-34-2)22-10-6-12-24(28)17-22/h6,10,12,17,21,23,25,29,33H,3-5,7-9,11,13-16,18-20H2,1-2H3,(H,30,32)/t23-,25+,27-/m1/s1. The molecule has 1 aromatic rings. The lowest BCUT2D eigenvalue weighted by atomic mass is 9.77. The van der Waals surface area contributed by atoms with Crippen LogP contribution in [0.25, 0.3) is 0 Å². The maximum atomic E-state index is 13.3. The van der Waals surface area contributed by atoms with Gasteiger partial charge in [-0.25, -0.2) is 4.79 Å². The molecule has 1 saturated carbocycles. The molecule has 0 bridgehead atoms. The van der Waals surface area contributed by atoms with E-state index in [0.29, 0.717) is 37.2 Å². The number of carbonyl (C=O) groups excluding carboxylic acids is 1. The van der Waals surface area contributed by atoms with Crippen LogP contribution >= 0.6 is 11.6 Å². The highest BCUT2D eigenvalue weighted by molar-refractivity contribution is 6.30. The second kappa shape index (κ2) is 14.4. The fraction of sp³-hybridized carbons (Fsp3) is 0.741. The quantitative estimate of drug-likeness (QED) is 0.368. The summed E-state index contributed by atoms with van der Waals surface area (Å²) in [5.41, 5.74) is -0.524. The zero-order chi connectivity index (χ0) is 25.1. The van der Waals surface area contributed by atoms with Crippen LogP contribution < -0.4 is 10.6 Å². The first-order valence-corrected chi connectivity index (χ1v) is 13.6. The number of piperidine rings is 1. The molecule has 35 heavy (non-hydrogen) atoms. The van der Waals surface area contributed by atoms with E-state index in [4.69, 9.17) is 21.1 Å². The molecule has 7 nitrogen and oxygen atoms in total. The Morgan fingerprint density at radius 1 is 1.23 bits per heavy atom.